The zero-order chi connectivity index (χ0) is 10.8. The maximum Gasteiger partial charge on any atom is 0.156 e. The van der Waals surface area contributed by atoms with Crippen molar-refractivity contribution in [2.24, 2.45) is 0 Å². The first-order chi connectivity index (χ1) is 7.22. The highest BCUT2D eigenvalue weighted by Gasteiger charge is 2.35. The van der Waals surface area contributed by atoms with Gasteiger partial charge in [-0.1, -0.05) is 18.2 Å². The summed E-state index contributed by atoms with van der Waals surface area (Å²) in [5.74, 6) is 0. The average molecular weight is 209 g/mol. The van der Waals surface area contributed by atoms with Crippen molar-refractivity contribution in [3.05, 3.63) is 29.8 Å². The average Bonchev–Trinajstić information content (AvgIpc) is 2.60. The summed E-state index contributed by atoms with van der Waals surface area (Å²) in [4.78, 5) is 0. The van der Waals surface area contributed by atoms with Crippen LogP contribution >= 0.6 is 0 Å². The topological polar surface area (TPSA) is 64.7 Å². The molecule has 1 aromatic rings. The Labute approximate surface area is 88.6 Å². The lowest BCUT2D eigenvalue weighted by Crippen LogP contribution is -2.20. The highest BCUT2D eigenvalue weighted by Crippen LogP contribution is 2.34. The van der Waals surface area contributed by atoms with Crippen molar-refractivity contribution in [1.29, 1.82) is 0 Å². The van der Waals surface area contributed by atoms with Crippen LogP contribution in [0.1, 0.15) is 18.6 Å². The predicted molar refractivity (Wildman–Crippen MR) is 56.1 cm³/mol. The first kappa shape index (κ1) is 10.4. The molecule has 3 N–H and O–H groups in total. The molecule has 1 heterocycles. The number of hydrogen-bond donors (Lipinski definition) is 2. The van der Waals surface area contributed by atoms with Crippen molar-refractivity contribution in [3.63, 3.8) is 0 Å². The number of rotatable bonds is 2. The molecule has 82 valence electrons. The van der Waals surface area contributed by atoms with Crippen LogP contribution < -0.4 is 5.73 Å². The van der Waals surface area contributed by atoms with Crippen molar-refractivity contribution >= 4 is 5.69 Å². The Morgan fingerprint density at radius 1 is 1.33 bits per heavy atom. The molecule has 15 heavy (non-hydrogen) atoms. The molecule has 1 saturated heterocycles. The van der Waals surface area contributed by atoms with Gasteiger partial charge in [0, 0.05) is 11.3 Å². The molecule has 4 heteroatoms. The summed E-state index contributed by atoms with van der Waals surface area (Å²) in [5, 5.41) is 9.16. The Kier molecular flexibility index (Phi) is 2.90. The predicted octanol–water partition coefficient (Wildman–Crippen LogP) is 1.06. The smallest absolute Gasteiger partial charge is 0.156 e. The largest absolute Gasteiger partial charge is 0.398 e. The Balaban J connectivity index is 2.26. The van der Waals surface area contributed by atoms with Crippen molar-refractivity contribution in [1.82, 2.24) is 0 Å². The van der Waals surface area contributed by atoms with Gasteiger partial charge in [-0.2, -0.15) is 0 Å². The quantitative estimate of drug-likeness (QED) is 0.715. The van der Waals surface area contributed by atoms with Gasteiger partial charge in [0.25, 0.3) is 0 Å². The van der Waals surface area contributed by atoms with Gasteiger partial charge >= 0.3 is 0 Å². The fraction of sp³-hybridized carbons (Fsp3) is 0.455. The van der Waals surface area contributed by atoms with Crippen molar-refractivity contribution in [2.75, 3.05) is 12.3 Å². The van der Waals surface area contributed by atoms with E-state index in [2.05, 4.69) is 0 Å². The monoisotopic (exact) mass is 209 g/mol. The van der Waals surface area contributed by atoms with E-state index in [1.54, 1.807) is 0 Å². The number of anilines is 1. The molecular weight excluding hydrogens is 194 g/mol. The Bertz CT molecular complexity index is 342. The SMILES string of the molecule is C[C@@H]1O[C@H](c2ccccc2N)[C@@H](CO)O1. The number of aliphatic hydroxyl groups is 1. The molecule has 1 aromatic carbocycles. The van der Waals surface area contributed by atoms with E-state index in [1.807, 2.05) is 31.2 Å². The molecule has 1 aliphatic rings. The van der Waals surface area contributed by atoms with E-state index in [9.17, 15) is 0 Å². The summed E-state index contributed by atoms with van der Waals surface area (Å²) >= 11 is 0. The van der Waals surface area contributed by atoms with E-state index in [0.29, 0.717) is 5.69 Å². The first-order valence-corrected chi connectivity index (χ1v) is 4.98. The third kappa shape index (κ3) is 1.97. The third-order valence-corrected chi connectivity index (χ3v) is 2.52. The molecule has 1 fully saturated rings. The van der Waals surface area contributed by atoms with Gasteiger partial charge in [0.05, 0.1) is 6.61 Å². The third-order valence-electron chi connectivity index (χ3n) is 2.52. The van der Waals surface area contributed by atoms with Gasteiger partial charge < -0.3 is 20.3 Å². The summed E-state index contributed by atoms with van der Waals surface area (Å²) in [5.41, 5.74) is 7.39. The molecule has 0 aliphatic carbocycles. The summed E-state index contributed by atoms with van der Waals surface area (Å²) in [6.07, 6.45) is -0.900. The number of benzene rings is 1. The van der Waals surface area contributed by atoms with Crippen LogP contribution in [0.2, 0.25) is 0 Å². The Morgan fingerprint density at radius 3 is 2.73 bits per heavy atom. The van der Waals surface area contributed by atoms with Crippen molar-refractivity contribution < 1.29 is 14.6 Å². The summed E-state index contributed by atoms with van der Waals surface area (Å²) in [7, 11) is 0. The summed E-state index contributed by atoms with van der Waals surface area (Å²) < 4.78 is 11.0. The molecule has 0 aromatic heterocycles. The molecule has 0 bridgehead atoms. The minimum atomic E-state index is -0.329. The number of aliphatic hydroxyl groups excluding tert-OH is 1. The molecule has 0 spiro atoms. The number of ether oxygens (including phenoxy) is 2. The molecular formula is C11H15NO3. The van der Waals surface area contributed by atoms with Gasteiger partial charge in [0.1, 0.15) is 12.2 Å². The van der Waals surface area contributed by atoms with Gasteiger partial charge in [-0.3, -0.25) is 0 Å². The van der Waals surface area contributed by atoms with Crippen LogP contribution in [0.15, 0.2) is 24.3 Å². The lowest BCUT2D eigenvalue weighted by atomic mass is 10.0. The van der Waals surface area contributed by atoms with Gasteiger partial charge in [-0.25, -0.2) is 0 Å². The minimum Gasteiger partial charge on any atom is -0.398 e. The van der Waals surface area contributed by atoms with Gasteiger partial charge in [0.2, 0.25) is 0 Å². The zero-order valence-corrected chi connectivity index (χ0v) is 8.59. The lowest BCUT2D eigenvalue weighted by molar-refractivity contribution is -0.0563. The van der Waals surface area contributed by atoms with E-state index in [-0.39, 0.29) is 25.1 Å². The van der Waals surface area contributed by atoms with Crippen LogP contribution in [-0.4, -0.2) is 24.1 Å². The second-order valence-corrected chi connectivity index (χ2v) is 3.61. The molecule has 0 unspecified atom stereocenters. The van der Waals surface area contributed by atoms with Crippen molar-refractivity contribution in [2.45, 2.75) is 25.4 Å². The maximum absolute atomic E-state index is 9.16. The summed E-state index contributed by atoms with van der Waals surface area (Å²) in [6.45, 7) is 1.74. The lowest BCUT2D eigenvalue weighted by Gasteiger charge is -2.16. The fourth-order valence-electron chi connectivity index (χ4n) is 1.83. The van der Waals surface area contributed by atoms with E-state index in [1.165, 1.54) is 0 Å². The number of para-hydroxylation sites is 1. The molecule has 1 aliphatic heterocycles. The maximum atomic E-state index is 9.16. The zero-order valence-electron chi connectivity index (χ0n) is 8.59. The minimum absolute atomic E-state index is 0.0661. The number of nitrogens with two attached hydrogens (primary N) is 1. The fourth-order valence-corrected chi connectivity index (χ4v) is 1.83. The highest BCUT2D eigenvalue weighted by molar-refractivity contribution is 5.48. The van der Waals surface area contributed by atoms with Crippen LogP contribution in [0.4, 0.5) is 5.69 Å². The molecule has 2 rings (SSSR count). The molecule has 0 saturated carbocycles. The standard InChI is InChI=1S/C11H15NO3/c1-7-14-10(6-13)11(15-7)8-4-2-3-5-9(8)12/h2-5,7,10-11,13H,6,12H2,1H3/t7-,10+,11+/m0/s1. The number of hydrogen-bond acceptors (Lipinski definition) is 4. The van der Waals surface area contributed by atoms with Crippen LogP contribution in [0.3, 0.4) is 0 Å². The number of nitrogen functional groups attached to an aromatic ring is 1. The second-order valence-electron chi connectivity index (χ2n) is 3.61. The van der Waals surface area contributed by atoms with Gasteiger partial charge in [0.15, 0.2) is 6.29 Å². The van der Waals surface area contributed by atoms with E-state index >= 15 is 0 Å². The van der Waals surface area contributed by atoms with E-state index in [0.717, 1.165) is 5.56 Å². The van der Waals surface area contributed by atoms with Crippen LogP contribution in [0.5, 0.6) is 0 Å². The van der Waals surface area contributed by atoms with Gasteiger partial charge in [-0.05, 0) is 13.0 Å². The van der Waals surface area contributed by atoms with Crippen LogP contribution in [0.25, 0.3) is 0 Å². The molecule has 0 amide bonds. The van der Waals surface area contributed by atoms with Crippen molar-refractivity contribution in [3.8, 4) is 0 Å². The Morgan fingerprint density at radius 2 is 2.07 bits per heavy atom. The molecule has 3 atom stereocenters. The van der Waals surface area contributed by atoms with E-state index < -0.39 is 0 Å². The molecule has 4 nitrogen and oxygen atoms in total. The normalized spacial score (nSPS) is 30.7. The van der Waals surface area contributed by atoms with E-state index in [4.69, 9.17) is 20.3 Å². The van der Waals surface area contributed by atoms with Crippen LogP contribution in [-0.2, 0) is 9.47 Å². The van der Waals surface area contributed by atoms with Crippen LogP contribution in [0, 0.1) is 0 Å². The highest BCUT2D eigenvalue weighted by atomic mass is 16.7. The van der Waals surface area contributed by atoms with Gasteiger partial charge in [-0.15, -0.1) is 0 Å². The first-order valence-electron chi connectivity index (χ1n) is 4.98. The Hall–Kier alpha value is -1.10. The molecule has 0 radical (unpaired) electrons. The summed E-state index contributed by atoms with van der Waals surface area (Å²) in [6, 6.07) is 7.47. The second kappa shape index (κ2) is 4.18.